The Kier molecular flexibility index (Phi) is 4.39. The van der Waals surface area contributed by atoms with Gasteiger partial charge in [-0.1, -0.05) is 6.08 Å². The van der Waals surface area contributed by atoms with E-state index in [0.29, 0.717) is 19.4 Å². The molecule has 0 atom stereocenters. The molecule has 0 spiro atoms. The van der Waals surface area contributed by atoms with E-state index in [1.807, 2.05) is 0 Å². The van der Waals surface area contributed by atoms with Crippen LogP contribution in [0.5, 0.6) is 0 Å². The minimum Gasteiger partial charge on any atom is -0.305 e. The molecule has 0 aliphatic carbocycles. The van der Waals surface area contributed by atoms with E-state index in [-0.39, 0.29) is 23.0 Å². The van der Waals surface area contributed by atoms with Gasteiger partial charge < -0.3 is 4.57 Å². The molecule has 0 aromatic carbocycles. The van der Waals surface area contributed by atoms with Gasteiger partial charge in [0.2, 0.25) is 5.28 Å². The van der Waals surface area contributed by atoms with Crippen molar-refractivity contribution in [3.05, 3.63) is 38.8 Å². The van der Waals surface area contributed by atoms with Crippen LogP contribution >= 0.6 is 11.6 Å². The highest BCUT2D eigenvalue weighted by molar-refractivity contribution is 6.29. The van der Waals surface area contributed by atoms with Gasteiger partial charge in [-0.25, -0.2) is 4.79 Å². The molecule has 20 heavy (non-hydrogen) atoms. The second-order valence-corrected chi connectivity index (χ2v) is 4.60. The quantitative estimate of drug-likeness (QED) is 0.499. The number of aryl methyl sites for hydroxylation is 1. The van der Waals surface area contributed by atoms with Crippen LogP contribution in [0.1, 0.15) is 12.8 Å². The van der Waals surface area contributed by atoms with Crippen molar-refractivity contribution >= 4 is 22.8 Å². The van der Waals surface area contributed by atoms with Gasteiger partial charge >= 0.3 is 5.69 Å². The number of aromatic amines is 1. The van der Waals surface area contributed by atoms with Gasteiger partial charge in [0.25, 0.3) is 5.56 Å². The summed E-state index contributed by atoms with van der Waals surface area (Å²) in [6.45, 7) is 3.71. The Balaban J connectivity index is 2.63. The van der Waals surface area contributed by atoms with Crippen molar-refractivity contribution in [2.45, 2.75) is 25.9 Å². The summed E-state index contributed by atoms with van der Waals surface area (Å²) in [5.41, 5.74) is -0.687. The third kappa shape index (κ3) is 2.53. The van der Waals surface area contributed by atoms with E-state index in [0.717, 1.165) is 0 Å². The fraction of sp³-hybridized carbons (Fsp3) is 0.417. The Morgan fingerprint density at radius 3 is 2.75 bits per heavy atom. The summed E-state index contributed by atoms with van der Waals surface area (Å²) in [4.78, 5) is 30.0. The van der Waals surface area contributed by atoms with E-state index in [1.165, 1.54) is 9.13 Å². The average Bonchev–Trinajstić information content (AvgIpc) is 2.72. The fourth-order valence-electron chi connectivity index (χ4n) is 2.01. The van der Waals surface area contributed by atoms with E-state index >= 15 is 0 Å². The van der Waals surface area contributed by atoms with Crippen LogP contribution in [-0.4, -0.2) is 25.8 Å². The zero-order chi connectivity index (χ0) is 14.7. The monoisotopic (exact) mass is 300 g/mol. The van der Waals surface area contributed by atoms with Crippen LogP contribution in [-0.2, 0) is 13.1 Å². The molecule has 108 valence electrons. The maximum absolute atomic E-state index is 12.1. The lowest BCUT2D eigenvalue weighted by Crippen LogP contribution is -2.31. The lowest BCUT2D eigenvalue weighted by atomic mass is 10.3. The molecule has 0 unspecified atom stereocenters. The Morgan fingerprint density at radius 1 is 1.35 bits per heavy atom. The largest absolute Gasteiger partial charge is 0.330 e. The third-order valence-electron chi connectivity index (χ3n) is 2.92. The van der Waals surface area contributed by atoms with Crippen LogP contribution in [0.15, 0.2) is 22.2 Å². The molecule has 0 radical (unpaired) electrons. The fourth-order valence-corrected chi connectivity index (χ4v) is 2.25. The second-order valence-electron chi connectivity index (χ2n) is 4.26. The van der Waals surface area contributed by atoms with E-state index in [4.69, 9.17) is 11.6 Å². The smallest absolute Gasteiger partial charge is 0.305 e. The molecule has 0 saturated heterocycles. The number of nitrogens with zero attached hydrogens (tertiary/aromatic N) is 3. The molecule has 2 rings (SSSR count). The molecule has 0 bridgehead atoms. The van der Waals surface area contributed by atoms with Gasteiger partial charge in [-0.3, -0.25) is 18.7 Å². The highest BCUT2D eigenvalue weighted by Gasteiger charge is 2.16. The summed E-state index contributed by atoms with van der Waals surface area (Å²) in [5, 5.41) is 0.107. The molecule has 0 saturated carbocycles. The normalized spacial score (nSPS) is 11.1. The number of rotatable bonds is 6. The Labute approximate surface area is 118 Å². The molecule has 6 nitrogen and oxygen atoms in total. The van der Waals surface area contributed by atoms with E-state index in [2.05, 4.69) is 16.5 Å². The van der Waals surface area contributed by atoms with Gasteiger partial charge in [0.05, 0.1) is 6.67 Å². The molecule has 2 heterocycles. The Bertz CT molecular complexity index is 746. The van der Waals surface area contributed by atoms with E-state index in [9.17, 15) is 14.0 Å². The minimum absolute atomic E-state index is 0.107. The number of hydrogen-bond donors (Lipinski definition) is 1. The highest BCUT2D eigenvalue weighted by atomic mass is 35.5. The van der Waals surface area contributed by atoms with Crippen molar-refractivity contribution in [1.82, 2.24) is 19.1 Å². The zero-order valence-corrected chi connectivity index (χ0v) is 11.5. The lowest BCUT2D eigenvalue weighted by molar-refractivity contribution is 0.446. The molecule has 0 aliphatic heterocycles. The van der Waals surface area contributed by atoms with Gasteiger partial charge in [0.1, 0.15) is 0 Å². The number of halogens is 2. The van der Waals surface area contributed by atoms with Crippen molar-refractivity contribution < 1.29 is 4.39 Å². The van der Waals surface area contributed by atoms with Gasteiger partial charge in [0.15, 0.2) is 11.2 Å². The van der Waals surface area contributed by atoms with E-state index in [1.54, 1.807) is 6.08 Å². The summed E-state index contributed by atoms with van der Waals surface area (Å²) in [6.07, 6.45) is 2.39. The molecule has 2 aromatic heterocycles. The number of hydrogen-bond acceptors (Lipinski definition) is 3. The second kappa shape index (κ2) is 6.04. The minimum atomic E-state index is -0.568. The molecule has 1 N–H and O–H groups in total. The number of nitrogens with one attached hydrogen (secondary N) is 1. The van der Waals surface area contributed by atoms with Crippen molar-refractivity contribution in [2.24, 2.45) is 0 Å². The average molecular weight is 301 g/mol. The number of alkyl halides is 1. The zero-order valence-electron chi connectivity index (χ0n) is 10.7. The number of unbranched alkanes of at least 4 members (excludes halogenated alkanes) is 1. The van der Waals surface area contributed by atoms with E-state index < -0.39 is 17.9 Å². The van der Waals surface area contributed by atoms with Crippen LogP contribution < -0.4 is 11.2 Å². The molecular weight excluding hydrogens is 287 g/mol. The number of imidazole rings is 1. The molecular formula is C12H14ClFN4O2. The first-order chi connectivity index (χ1) is 9.60. The van der Waals surface area contributed by atoms with Crippen molar-refractivity contribution in [1.29, 1.82) is 0 Å². The summed E-state index contributed by atoms with van der Waals surface area (Å²) in [7, 11) is 0. The molecule has 8 heteroatoms. The first kappa shape index (κ1) is 14.5. The summed E-state index contributed by atoms with van der Waals surface area (Å²) >= 11 is 5.98. The van der Waals surface area contributed by atoms with Crippen LogP contribution in [0, 0.1) is 0 Å². The Morgan fingerprint density at radius 2 is 2.10 bits per heavy atom. The molecule has 0 aliphatic rings. The van der Waals surface area contributed by atoms with Crippen molar-refractivity contribution in [3.8, 4) is 0 Å². The number of aromatic nitrogens is 4. The van der Waals surface area contributed by atoms with Gasteiger partial charge in [-0.15, -0.1) is 6.58 Å². The first-order valence-electron chi connectivity index (χ1n) is 6.16. The third-order valence-corrected chi connectivity index (χ3v) is 3.20. The summed E-state index contributed by atoms with van der Waals surface area (Å²) in [6, 6.07) is 0. The summed E-state index contributed by atoms with van der Waals surface area (Å²) < 4.78 is 14.9. The predicted molar refractivity (Wildman–Crippen MR) is 75.0 cm³/mol. The SMILES string of the molecule is C=CCn1c(Cl)nc2c1c(=O)[nH]c(=O)n2CCCCF. The first-order valence-corrected chi connectivity index (χ1v) is 6.53. The molecule has 2 aromatic rings. The number of allylic oxidation sites excluding steroid dienone is 1. The van der Waals surface area contributed by atoms with Crippen LogP contribution in [0.4, 0.5) is 4.39 Å². The van der Waals surface area contributed by atoms with Gasteiger partial charge in [-0.2, -0.15) is 4.98 Å². The number of fused-ring (bicyclic) bond motifs is 1. The van der Waals surface area contributed by atoms with Crippen LogP contribution in [0.2, 0.25) is 5.28 Å². The van der Waals surface area contributed by atoms with Gasteiger partial charge in [-0.05, 0) is 24.4 Å². The van der Waals surface area contributed by atoms with Crippen molar-refractivity contribution in [2.75, 3.05) is 6.67 Å². The van der Waals surface area contributed by atoms with Gasteiger partial charge in [0, 0.05) is 13.1 Å². The topological polar surface area (TPSA) is 72.7 Å². The maximum Gasteiger partial charge on any atom is 0.330 e. The standard InChI is InChI=1S/C12H14ClFN4O2/c1-2-6-17-8-9(15-11(17)13)18(7-4-3-5-14)12(20)16-10(8)19/h2H,1,3-7H2,(H,16,19,20). The van der Waals surface area contributed by atoms with Crippen molar-refractivity contribution in [3.63, 3.8) is 0 Å². The Hall–Kier alpha value is -1.89. The highest BCUT2D eigenvalue weighted by Crippen LogP contribution is 2.16. The maximum atomic E-state index is 12.1. The summed E-state index contributed by atoms with van der Waals surface area (Å²) in [5.74, 6) is 0. The number of H-pyrrole nitrogens is 1. The lowest BCUT2D eigenvalue weighted by Gasteiger charge is -2.05. The van der Waals surface area contributed by atoms with Crippen LogP contribution in [0.25, 0.3) is 11.2 Å². The predicted octanol–water partition coefficient (Wildman–Crippen LogP) is 1.48. The molecule has 0 fully saturated rings. The van der Waals surface area contributed by atoms with Crippen LogP contribution in [0.3, 0.4) is 0 Å². The molecule has 0 amide bonds.